The number of anilines is 1. The molecule has 2 rings (SSSR count). The number of para-hydroxylation sites is 1. The first-order chi connectivity index (χ1) is 9.72. The number of carbonyl (C=O) groups is 1. The van der Waals surface area contributed by atoms with Gasteiger partial charge in [0.15, 0.2) is 5.75 Å². The Balaban J connectivity index is 2.04. The fraction of sp³-hybridized carbons (Fsp3) is 0.533. The van der Waals surface area contributed by atoms with Gasteiger partial charge in [-0.2, -0.15) is 0 Å². The van der Waals surface area contributed by atoms with E-state index in [4.69, 9.17) is 16.3 Å². The monoisotopic (exact) mass is 296 g/mol. The van der Waals surface area contributed by atoms with E-state index < -0.39 is 0 Å². The number of carbonyl (C=O) groups excluding carboxylic acids is 1. The maximum absolute atomic E-state index is 12.3. The van der Waals surface area contributed by atoms with Crippen LogP contribution in [0.25, 0.3) is 0 Å². The van der Waals surface area contributed by atoms with Crippen LogP contribution in [0.2, 0.25) is 5.02 Å². The Hall–Kier alpha value is -1.42. The van der Waals surface area contributed by atoms with Crippen LogP contribution in [0, 0.1) is 0 Å². The van der Waals surface area contributed by atoms with Crippen molar-refractivity contribution in [3.63, 3.8) is 0 Å². The number of rotatable bonds is 2. The van der Waals surface area contributed by atoms with Crippen LogP contribution < -0.4 is 10.1 Å². The Bertz CT molecular complexity index is 457. The van der Waals surface area contributed by atoms with Crippen molar-refractivity contribution < 1.29 is 9.53 Å². The third-order valence-electron chi connectivity index (χ3n) is 3.56. The van der Waals surface area contributed by atoms with Gasteiger partial charge in [0.25, 0.3) is 0 Å². The van der Waals surface area contributed by atoms with Gasteiger partial charge in [0, 0.05) is 13.1 Å². The number of benzene rings is 1. The average Bonchev–Trinajstić information content (AvgIpc) is 2.38. The summed E-state index contributed by atoms with van der Waals surface area (Å²) in [7, 11) is 1.55. The number of urea groups is 1. The predicted molar refractivity (Wildman–Crippen MR) is 81.7 cm³/mol. The minimum atomic E-state index is -0.0764. The highest BCUT2D eigenvalue weighted by Crippen LogP contribution is 2.32. The summed E-state index contributed by atoms with van der Waals surface area (Å²) in [5.41, 5.74) is 0.618. The third kappa shape index (κ3) is 3.79. The topological polar surface area (TPSA) is 41.6 Å². The molecule has 0 atom stereocenters. The van der Waals surface area contributed by atoms with E-state index in [1.807, 2.05) is 4.90 Å². The molecule has 1 aromatic rings. The molecule has 1 heterocycles. The Morgan fingerprint density at radius 1 is 1.20 bits per heavy atom. The zero-order valence-corrected chi connectivity index (χ0v) is 12.6. The van der Waals surface area contributed by atoms with E-state index in [1.165, 1.54) is 19.3 Å². The minimum absolute atomic E-state index is 0.0764. The van der Waals surface area contributed by atoms with Gasteiger partial charge in [0.05, 0.1) is 17.8 Å². The Kier molecular flexibility index (Phi) is 5.53. The van der Waals surface area contributed by atoms with Gasteiger partial charge in [-0.15, -0.1) is 0 Å². The molecule has 0 bridgehead atoms. The lowest BCUT2D eigenvalue weighted by molar-refractivity contribution is 0.206. The number of amides is 2. The average molecular weight is 297 g/mol. The molecule has 1 aliphatic rings. The standard InChI is InChI=1S/C15H21ClN2O2/c1-20-14-12(16)8-7-9-13(14)17-15(19)18-10-5-3-2-4-6-11-18/h7-9H,2-6,10-11H2,1H3,(H,17,19). The van der Waals surface area contributed by atoms with E-state index in [0.29, 0.717) is 16.5 Å². The first-order valence-corrected chi connectivity index (χ1v) is 7.48. The van der Waals surface area contributed by atoms with Crippen molar-refractivity contribution in [1.29, 1.82) is 0 Å². The van der Waals surface area contributed by atoms with E-state index >= 15 is 0 Å². The Morgan fingerprint density at radius 2 is 1.85 bits per heavy atom. The van der Waals surface area contributed by atoms with Crippen LogP contribution in [0.3, 0.4) is 0 Å². The summed E-state index contributed by atoms with van der Waals surface area (Å²) < 4.78 is 5.24. The minimum Gasteiger partial charge on any atom is -0.493 e. The summed E-state index contributed by atoms with van der Waals surface area (Å²) in [4.78, 5) is 14.2. The molecule has 1 aliphatic heterocycles. The molecule has 2 amide bonds. The van der Waals surface area contributed by atoms with Crippen molar-refractivity contribution in [3.05, 3.63) is 23.2 Å². The van der Waals surface area contributed by atoms with Gasteiger partial charge >= 0.3 is 6.03 Å². The summed E-state index contributed by atoms with van der Waals surface area (Å²) in [6.07, 6.45) is 5.81. The highest BCUT2D eigenvalue weighted by Gasteiger charge is 2.17. The number of ether oxygens (including phenoxy) is 1. The van der Waals surface area contributed by atoms with E-state index in [0.717, 1.165) is 25.9 Å². The predicted octanol–water partition coefficient (Wildman–Crippen LogP) is 4.15. The summed E-state index contributed by atoms with van der Waals surface area (Å²) in [5.74, 6) is 0.509. The highest BCUT2D eigenvalue weighted by atomic mass is 35.5. The molecule has 1 fully saturated rings. The largest absolute Gasteiger partial charge is 0.493 e. The number of nitrogens with one attached hydrogen (secondary N) is 1. The van der Waals surface area contributed by atoms with Crippen LogP contribution in [0.5, 0.6) is 5.75 Å². The molecule has 1 aromatic carbocycles. The van der Waals surface area contributed by atoms with Crippen LogP contribution in [-0.2, 0) is 0 Å². The second kappa shape index (κ2) is 7.39. The fourth-order valence-electron chi connectivity index (χ4n) is 2.46. The number of hydrogen-bond donors (Lipinski definition) is 1. The molecule has 5 heteroatoms. The summed E-state index contributed by atoms with van der Waals surface area (Å²) >= 11 is 6.06. The van der Waals surface area contributed by atoms with E-state index in [-0.39, 0.29) is 6.03 Å². The third-order valence-corrected chi connectivity index (χ3v) is 3.85. The molecule has 0 spiro atoms. The van der Waals surface area contributed by atoms with Gasteiger partial charge in [-0.1, -0.05) is 36.9 Å². The molecule has 20 heavy (non-hydrogen) atoms. The summed E-state index contributed by atoms with van der Waals surface area (Å²) in [6, 6.07) is 5.26. The smallest absolute Gasteiger partial charge is 0.321 e. The Labute approximate surface area is 125 Å². The number of halogens is 1. The molecule has 0 radical (unpaired) electrons. The lowest BCUT2D eigenvalue weighted by atomic mass is 10.1. The molecule has 0 aromatic heterocycles. The van der Waals surface area contributed by atoms with Crippen molar-refractivity contribution in [1.82, 2.24) is 4.90 Å². The summed E-state index contributed by atoms with van der Waals surface area (Å²) in [6.45, 7) is 1.63. The van der Waals surface area contributed by atoms with Crippen molar-refractivity contribution in [2.24, 2.45) is 0 Å². The van der Waals surface area contributed by atoms with Gasteiger partial charge in [-0.3, -0.25) is 0 Å². The normalized spacial score (nSPS) is 16.2. The zero-order valence-electron chi connectivity index (χ0n) is 11.8. The zero-order chi connectivity index (χ0) is 14.4. The number of methoxy groups -OCH3 is 1. The van der Waals surface area contributed by atoms with Crippen LogP contribution in [0.15, 0.2) is 18.2 Å². The first-order valence-electron chi connectivity index (χ1n) is 7.11. The van der Waals surface area contributed by atoms with E-state index in [9.17, 15) is 4.79 Å². The summed E-state index contributed by atoms with van der Waals surface area (Å²) in [5, 5.41) is 3.40. The first kappa shape index (κ1) is 15.0. The molecule has 0 saturated carbocycles. The van der Waals surface area contributed by atoms with E-state index in [1.54, 1.807) is 25.3 Å². The Morgan fingerprint density at radius 3 is 2.50 bits per heavy atom. The van der Waals surface area contributed by atoms with E-state index in [2.05, 4.69) is 5.32 Å². The van der Waals surface area contributed by atoms with Gasteiger partial charge in [0.2, 0.25) is 0 Å². The molecule has 110 valence electrons. The lowest BCUT2D eigenvalue weighted by Gasteiger charge is -2.25. The van der Waals surface area contributed by atoms with Gasteiger partial charge in [-0.05, 0) is 25.0 Å². The lowest BCUT2D eigenvalue weighted by Crippen LogP contribution is -2.37. The van der Waals surface area contributed by atoms with Crippen LogP contribution in [0.4, 0.5) is 10.5 Å². The molecule has 1 N–H and O–H groups in total. The second-order valence-corrected chi connectivity index (χ2v) is 5.41. The van der Waals surface area contributed by atoms with Crippen LogP contribution in [0.1, 0.15) is 32.1 Å². The molecular formula is C15H21ClN2O2. The van der Waals surface area contributed by atoms with Gasteiger partial charge in [-0.25, -0.2) is 4.79 Å². The van der Waals surface area contributed by atoms with Gasteiger partial charge < -0.3 is 15.0 Å². The molecule has 0 unspecified atom stereocenters. The molecule has 4 nitrogen and oxygen atoms in total. The van der Waals surface area contributed by atoms with Crippen LogP contribution >= 0.6 is 11.6 Å². The number of likely N-dealkylation sites (tertiary alicyclic amines) is 1. The van der Waals surface area contributed by atoms with Crippen LogP contribution in [-0.4, -0.2) is 31.1 Å². The quantitative estimate of drug-likeness (QED) is 0.891. The number of nitrogens with zero attached hydrogens (tertiary/aromatic N) is 1. The van der Waals surface area contributed by atoms with Crippen molar-refractivity contribution in [2.75, 3.05) is 25.5 Å². The van der Waals surface area contributed by atoms with Crippen molar-refractivity contribution >= 4 is 23.3 Å². The SMILES string of the molecule is COc1c(Cl)cccc1NC(=O)N1CCCCCCC1. The fourth-order valence-corrected chi connectivity index (χ4v) is 2.71. The van der Waals surface area contributed by atoms with Gasteiger partial charge in [0.1, 0.15) is 0 Å². The van der Waals surface area contributed by atoms with Crippen molar-refractivity contribution in [2.45, 2.75) is 32.1 Å². The molecular weight excluding hydrogens is 276 g/mol. The maximum Gasteiger partial charge on any atom is 0.321 e. The highest BCUT2D eigenvalue weighted by molar-refractivity contribution is 6.32. The van der Waals surface area contributed by atoms with Crippen molar-refractivity contribution in [3.8, 4) is 5.75 Å². The molecule has 0 aliphatic carbocycles. The second-order valence-electron chi connectivity index (χ2n) is 5.01. The maximum atomic E-state index is 12.3. The molecule has 1 saturated heterocycles. The number of hydrogen-bond acceptors (Lipinski definition) is 2.